The lowest BCUT2D eigenvalue weighted by Crippen LogP contribution is -2.26. The van der Waals surface area contributed by atoms with Crippen molar-refractivity contribution in [3.05, 3.63) is 88.5 Å². The smallest absolute Gasteiger partial charge is 0.253 e. The molecule has 0 bridgehead atoms. The zero-order valence-electron chi connectivity index (χ0n) is 18.1. The Hall–Kier alpha value is -2.83. The Bertz CT molecular complexity index is 1030. The Kier molecular flexibility index (Phi) is 7.12. The molecule has 7 heteroatoms. The van der Waals surface area contributed by atoms with Crippen LogP contribution in [-0.2, 0) is 13.0 Å². The van der Waals surface area contributed by atoms with E-state index in [0.717, 1.165) is 36.8 Å². The molecule has 0 spiro atoms. The van der Waals surface area contributed by atoms with E-state index in [0.29, 0.717) is 23.2 Å². The fraction of sp³-hybridized carbons (Fsp3) is 0.360. The standard InChI is InChI=1S/C25H27ClN4O2/c1-30(16-19-10-11-28-29-14-19)25(32)20-5-2-17(3-6-20)12-18-4-7-21(13-18)24(31)22-8-9-23(26)27-15-22/h2-3,5-6,8-11,14-15,18,21,24,31H,4,7,12-13,16H2,1H3/t18-,21-,24-/m0/s1. The monoisotopic (exact) mass is 450 g/mol. The van der Waals surface area contributed by atoms with Gasteiger partial charge in [0.15, 0.2) is 0 Å². The number of hydrogen-bond donors (Lipinski definition) is 1. The van der Waals surface area contributed by atoms with Gasteiger partial charge in [-0.3, -0.25) is 4.79 Å². The summed E-state index contributed by atoms with van der Waals surface area (Å²) in [6, 6.07) is 13.3. The Morgan fingerprint density at radius 1 is 1.09 bits per heavy atom. The summed E-state index contributed by atoms with van der Waals surface area (Å²) in [4.78, 5) is 18.5. The summed E-state index contributed by atoms with van der Waals surface area (Å²) >= 11 is 5.85. The highest BCUT2D eigenvalue weighted by Crippen LogP contribution is 2.40. The second-order valence-electron chi connectivity index (χ2n) is 8.61. The van der Waals surface area contributed by atoms with E-state index in [1.807, 2.05) is 36.4 Å². The number of aliphatic hydroxyl groups is 1. The fourth-order valence-corrected chi connectivity index (χ4v) is 4.63. The molecular formula is C25H27ClN4O2. The number of pyridine rings is 1. The third kappa shape index (κ3) is 5.50. The van der Waals surface area contributed by atoms with Gasteiger partial charge in [-0.05, 0) is 78.5 Å². The molecule has 2 heterocycles. The number of rotatable bonds is 7. The van der Waals surface area contributed by atoms with Gasteiger partial charge < -0.3 is 10.0 Å². The Balaban J connectivity index is 1.31. The van der Waals surface area contributed by atoms with Gasteiger partial charge in [-0.25, -0.2) is 4.98 Å². The average molecular weight is 451 g/mol. The highest BCUT2D eigenvalue weighted by atomic mass is 35.5. The fourth-order valence-electron chi connectivity index (χ4n) is 4.51. The van der Waals surface area contributed by atoms with Crippen LogP contribution >= 0.6 is 11.6 Å². The van der Waals surface area contributed by atoms with E-state index in [9.17, 15) is 9.90 Å². The molecule has 6 nitrogen and oxygen atoms in total. The minimum absolute atomic E-state index is 0.0195. The third-order valence-corrected chi connectivity index (χ3v) is 6.48. The summed E-state index contributed by atoms with van der Waals surface area (Å²) in [6.45, 7) is 0.491. The van der Waals surface area contributed by atoms with Crippen molar-refractivity contribution in [3.63, 3.8) is 0 Å². The first-order valence-electron chi connectivity index (χ1n) is 10.9. The van der Waals surface area contributed by atoms with Crippen molar-refractivity contribution in [1.29, 1.82) is 0 Å². The molecule has 1 fully saturated rings. The molecule has 1 N–H and O–H groups in total. The normalized spacial score (nSPS) is 19.0. The van der Waals surface area contributed by atoms with Gasteiger partial charge in [0.25, 0.3) is 5.91 Å². The molecule has 1 aliphatic rings. The predicted octanol–water partition coefficient (Wildman–Crippen LogP) is 4.49. The predicted molar refractivity (Wildman–Crippen MR) is 123 cm³/mol. The van der Waals surface area contributed by atoms with Crippen LogP contribution < -0.4 is 0 Å². The lowest BCUT2D eigenvalue weighted by Gasteiger charge is -2.19. The highest BCUT2D eigenvalue weighted by Gasteiger charge is 2.31. The molecule has 4 rings (SSSR count). The van der Waals surface area contributed by atoms with Gasteiger partial charge in [0.2, 0.25) is 0 Å². The van der Waals surface area contributed by atoms with Gasteiger partial charge in [0.1, 0.15) is 5.15 Å². The van der Waals surface area contributed by atoms with Crippen LogP contribution in [0.25, 0.3) is 0 Å². The van der Waals surface area contributed by atoms with E-state index < -0.39 is 6.10 Å². The van der Waals surface area contributed by atoms with Crippen molar-refractivity contribution >= 4 is 17.5 Å². The Labute approximate surface area is 193 Å². The summed E-state index contributed by atoms with van der Waals surface area (Å²) in [7, 11) is 1.79. The Morgan fingerprint density at radius 3 is 2.59 bits per heavy atom. The number of carbonyl (C=O) groups excluding carboxylic acids is 1. The van der Waals surface area contributed by atoms with Crippen LogP contribution in [0.2, 0.25) is 5.15 Å². The first kappa shape index (κ1) is 22.4. The molecule has 0 radical (unpaired) electrons. The zero-order chi connectivity index (χ0) is 22.5. The van der Waals surface area contributed by atoms with Crippen LogP contribution in [0.5, 0.6) is 0 Å². The van der Waals surface area contributed by atoms with Crippen LogP contribution in [0, 0.1) is 11.8 Å². The minimum Gasteiger partial charge on any atom is -0.388 e. The number of carbonyl (C=O) groups is 1. The van der Waals surface area contributed by atoms with Crippen molar-refractivity contribution < 1.29 is 9.90 Å². The maximum atomic E-state index is 12.7. The van der Waals surface area contributed by atoms with Crippen molar-refractivity contribution in [2.24, 2.45) is 11.8 Å². The lowest BCUT2D eigenvalue weighted by atomic mass is 9.92. The summed E-state index contributed by atoms with van der Waals surface area (Å²) in [5, 5.41) is 18.8. The van der Waals surface area contributed by atoms with Gasteiger partial charge in [0, 0.05) is 31.5 Å². The van der Waals surface area contributed by atoms with Crippen molar-refractivity contribution in [3.8, 4) is 0 Å². The molecule has 3 aromatic rings. The molecule has 32 heavy (non-hydrogen) atoms. The van der Waals surface area contributed by atoms with Gasteiger partial charge in [-0.1, -0.05) is 29.8 Å². The van der Waals surface area contributed by atoms with Crippen molar-refractivity contribution in [1.82, 2.24) is 20.1 Å². The molecule has 1 aromatic carbocycles. The number of halogens is 1. The first-order chi connectivity index (χ1) is 15.5. The third-order valence-electron chi connectivity index (χ3n) is 6.26. The largest absolute Gasteiger partial charge is 0.388 e. The first-order valence-corrected chi connectivity index (χ1v) is 11.3. The van der Waals surface area contributed by atoms with E-state index in [1.165, 1.54) is 5.56 Å². The Morgan fingerprint density at radius 2 is 1.91 bits per heavy atom. The molecule has 1 aliphatic carbocycles. The molecule has 1 saturated carbocycles. The molecular weight excluding hydrogens is 424 g/mol. The summed E-state index contributed by atoms with van der Waals surface area (Å²) in [5.41, 5.74) is 3.67. The molecule has 0 unspecified atom stereocenters. The number of aliphatic hydroxyl groups excluding tert-OH is 1. The van der Waals surface area contributed by atoms with Crippen LogP contribution in [0.3, 0.4) is 0 Å². The highest BCUT2D eigenvalue weighted by molar-refractivity contribution is 6.29. The average Bonchev–Trinajstić information content (AvgIpc) is 3.28. The zero-order valence-corrected chi connectivity index (χ0v) is 18.8. The molecule has 0 aliphatic heterocycles. The van der Waals surface area contributed by atoms with E-state index in [1.54, 1.807) is 36.6 Å². The second kappa shape index (κ2) is 10.2. The molecule has 2 aromatic heterocycles. The van der Waals surface area contributed by atoms with E-state index in [4.69, 9.17) is 11.6 Å². The van der Waals surface area contributed by atoms with Crippen molar-refractivity contribution in [2.75, 3.05) is 7.05 Å². The van der Waals surface area contributed by atoms with Crippen LogP contribution in [0.4, 0.5) is 0 Å². The SMILES string of the molecule is CN(Cc1ccnnc1)C(=O)c1ccc(C[C@@H]2CC[C@H]([C@H](O)c3ccc(Cl)nc3)C2)cc1. The van der Waals surface area contributed by atoms with Crippen LogP contribution in [0.15, 0.2) is 61.1 Å². The number of aromatic nitrogens is 3. The van der Waals surface area contributed by atoms with Gasteiger partial charge >= 0.3 is 0 Å². The van der Waals surface area contributed by atoms with E-state index >= 15 is 0 Å². The maximum absolute atomic E-state index is 12.7. The van der Waals surface area contributed by atoms with Crippen molar-refractivity contribution in [2.45, 2.75) is 38.3 Å². The number of amides is 1. The molecule has 166 valence electrons. The number of hydrogen-bond acceptors (Lipinski definition) is 5. The maximum Gasteiger partial charge on any atom is 0.253 e. The van der Waals surface area contributed by atoms with E-state index in [2.05, 4.69) is 15.2 Å². The van der Waals surface area contributed by atoms with Gasteiger partial charge in [-0.15, -0.1) is 0 Å². The quantitative estimate of drug-likeness (QED) is 0.536. The molecule has 1 amide bonds. The van der Waals surface area contributed by atoms with Gasteiger partial charge in [-0.2, -0.15) is 10.2 Å². The summed E-state index contributed by atoms with van der Waals surface area (Å²) < 4.78 is 0. The minimum atomic E-state index is -0.504. The van der Waals surface area contributed by atoms with Crippen LogP contribution in [0.1, 0.15) is 52.4 Å². The second-order valence-corrected chi connectivity index (χ2v) is 9.00. The summed E-state index contributed by atoms with van der Waals surface area (Å²) in [5.74, 6) is 0.743. The summed E-state index contributed by atoms with van der Waals surface area (Å²) in [6.07, 6.45) is 8.48. The lowest BCUT2D eigenvalue weighted by molar-refractivity contribution is 0.0785. The van der Waals surface area contributed by atoms with Gasteiger partial charge in [0.05, 0.1) is 12.3 Å². The molecule has 3 atom stereocenters. The van der Waals surface area contributed by atoms with Crippen LogP contribution in [-0.4, -0.2) is 38.1 Å². The molecule has 0 saturated heterocycles. The van der Waals surface area contributed by atoms with E-state index in [-0.39, 0.29) is 11.8 Å². The number of nitrogens with zero attached hydrogens (tertiary/aromatic N) is 4. The number of benzene rings is 1. The topological polar surface area (TPSA) is 79.2 Å².